The molecule has 1 aromatic carbocycles. The maximum Gasteiger partial charge on any atom is 0.261 e. The Labute approximate surface area is 159 Å². The fraction of sp³-hybridized carbons (Fsp3) is 0.118. The van der Waals surface area contributed by atoms with Gasteiger partial charge in [0.05, 0.1) is 21.2 Å². The van der Waals surface area contributed by atoms with Crippen molar-refractivity contribution in [2.45, 2.75) is 23.3 Å². The van der Waals surface area contributed by atoms with E-state index in [0.29, 0.717) is 22.0 Å². The highest BCUT2D eigenvalue weighted by Gasteiger charge is 2.25. The van der Waals surface area contributed by atoms with Gasteiger partial charge >= 0.3 is 0 Å². The number of carbonyl (C=O) groups excluding carboxylic acids is 1. The van der Waals surface area contributed by atoms with Gasteiger partial charge in [-0.05, 0) is 48.2 Å². The van der Waals surface area contributed by atoms with Gasteiger partial charge in [-0.25, -0.2) is 8.42 Å². The average Bonchev–Trinajstić information content (AvgIpc) is 3.22. The Morgan fingerprint density at radius 3 is 2.52 bits per heavy atom. The zero-order valence-electron chi connectivity index (χ0n) is 13.2. The van der Waals surface area contributed by atoms with Crippen molar-refractivity contribution in [3.63, 3.8) is 0 Å². The second-order valence-corrected chi connectivity index (χ2v) is 9.54. The normalized spacial score (nSPS) is 11.4. The number of sulfone groups is 1. The SMILES string of the molecule is Cc1c(S(=O)(=O)c2ccc(Cl)cc2)csc1C(=O)NCc1cccs1. The Hall–Kier alpha value is -1.67. The summed E-state index contributed by atoms with van der Waals surface area (Å²) >= 11 is 8.50. The molecule has 2 heterocycles. The minimum Gasteiger partial charge on any atom is -0.346 e. The lowest BCUT2D eigenvalue weighted by atomic mass is 10.3. The van der Waals surface area contributed by atoms with Crippen LogP contribution in [-0.2, 0) is 16.4 Å². The molecule has 4 nitrogen and oxygen atoms in total. The van der Waals surface area contributed by atoms with Crippen molar-refractivity contribution >= 4 is 50.0 Å². The monoisotopic (exact) mass is 411 g/mol. The average molecular weight is 412 g/mol. The van der Waals surface area contributed by atoms with E-state index in [1.807, 2.05) is 17.5 Å². The molecule has 25 heavy (non-hydrogen) atoms. The summed E-state index contributed by atoms with van der Waals surface area (Å²) in [5.74, 6) is -0.270. The Balaban J connectivity index is 1.85. The predicted molar refractivity (Wildman–Crippen MR) is 101 cm³/mol. The minimum absolute atomic E-state index is 0.154. The summed E-state index contributed by atoms with van der Waals surface area (Å²) in [7, 11) is -3.68. The predicted octanol–water partition coefficient (Wildman–Crippen LogP) is 4.53. The molecule has 0 aliphatic heterocycles. The van der Waals surface area contributed by atoms with E-state index in [-0.39, 0.29) is 15.7 Å². The van der Waals surface area contributed by atoms with E-state index in [1.54, 1.807) is 18.3 Å². The molecule has 130 valence electrons. The summed E-state index contributed by atoms with van der Waals surface area (Å²) in [5.41, 5.74) is 0.462. The van der Waals surface area contributed by atoms with E-state index >= 15 is 0 Å². The van der Waals surface area contributed by atoms with Gasteiger partial charge in [-0.15, -0.1) is 22.7 Å². The Morgan fingerprint density at radius 2 is 1.88 bits per heavy atom. The third-order valence-corrected chi connectivity index (χ3v) is 7.87. The summed E-state index contributed by atoms with van der Waals surface area (Å²) in [6.07, 6.45) is 0. The minimum atomic E-state index is -3.68. The third-order valence-electron chi connectivity index (χ3n) is 3.62. The van der Waals surface area contributed by atoms with Crippen LogP contribution in [0.3, 0.4) is 0 Å². The number of rotatable bonds is 5. The van der Waals surface area contributed by atoms with E-state index in [1.165, 1.54) is 29.6 Å². The van der Waals surface area contributed by atoms with Crippen molar-refractivity contribution in [2.24, 2.45) is 0 Å². The molecule has 0 saturated heterocycles. The van der Waals surface area contributed by atoms with E-state index in [9.17, 15) is 13.2 Å². The van der Waals surface area contributed by atoms with Gasteiger partial charge in [-0.2, -0.15) is 0 Å². The molecular formula is C17H14ClNO3S3. The van der Waals surface area contributed by atoms with Crippen LogP contribution in [0, 0.1) is 6.92 Å². The zero-order chi connectivity index (χ0) is 18.0. The molecule has 0 bridgehead atoms. The van der Waals surface area contributed by atoms with Gasteiger partial charge in [0.15, 0.2) is 0 Å². The van der Waals surface area contributed by atoms with Crippen LogP contribution < -0.4 is 5.32 Å². The molecule has 0 saturated carbocycles. The van der Waals surface area contributed by atoms with Crippen LogP contribution in [0.2, 0.25) is 5.02 Å². The van der Waals surface area contributed by atoms with E-state index in [4.69, 9.17) is 11.6 Å². The van der Waals surface area contributed by atoms with Crippen LogP contribution in [0.25, 0.3) is 0 Å². The molecule has 0 radical (unpaired) electrons. The van der Waals surface area contributed by atoms with Gasteiger partial charge in [0.2, 0.25) is 9.84 Å². The summed E-state index contributed by atoms with van der Waals surface area (Å²) in [6, 6.07) is 9.84. The number of hydrogen-bond acceptors (Lipinski definition) is 5. The van der Waals surface area contributed by atoms with Crippen LogP contribution in [0.1, 0.15) is 20.1 Å². The van der Waals surface area contributed by atoms with Crippen molar-refractivity contribution in [1.82, 2.24) is 5.32 Å². The van der Waals surface area contributed by atoms with Crippen LogP contribution in [0.15, 0.2) is 56.9 Å². The van der Waals surface area contributed by atoms with E-state index in [2.05, 4.69) is 5.32 Å². The van der Waals surface area contributed by atoms with Crippen LogP contribution in [-0.4, -0.2) is 14.3 Å². The number of carbonyl (C=O) groups is 1. The Morgan fingerprint density at radius 1 is 1.16 bits per heavy atom. The lowest BCUT2D eigenvalue weighted by Crippen LogP contribution is -2.22. The number of hydrogen-bond donors (Lipinski definition) is 1. The van der Waals surface area contributed by atoms with Gasteiger partial charge in [-0.3, -0.25) is 4.79 Å². The first-order valence-electron chi connectivity index (χ1n) is 7.29. The molecule has 0 atom stereocenters. The first-order valence-corrected chi connectivity index (χ1v) is 10.9. The largest absolute Gasteiger partial charge is 0.346 e. The second kappa shape index (κ2) is 7.29. The third kappa shape index (κ3) is 3.79. The highest BCUT2D eigenvalue weighted by Crippen LogP contribution is 2.31. The number of amides is 1. The highest BCUT2D eigenvalue weighted by molar-refractivity contribution is 7.91. The fourth-order valence-electron chi connectivity index (χ4n) is 2.29. The molecule has 0 spiro atoms. The fourth-order valence-corrected chi connectivity index (χ4v) is 5.90. The first-order chi connectivity index (χ1) is 11.9. The molecule has 2 aromatic heterocycles. The number of benzene rings is 1. The lowest BCUT2D eigenvalue weighted by molar-refractivity contribution is 0.0954. The van der Waals surface area contributed by atoms with Crippen LogP contribution in [0.5, 0.6) is 0 Å². The summed E-state index contributed by atoms with van der Waals surface area (Å²) < 4.78 is 25.6. The van der Waals surface area contributed by atoms with Crippen molar-refractivity contribution in [1.29, 1.82) is 0 Å². The standard InChI is InChI=1S/C17H14ClNO3S3/c1-11-15(25(21,22)14-6-4-12(18)5-7-14)10-24-16(11)17(20)19-9-13-3-2-8-23-13/h2-8,10H,9H2,1H3,(H,19,20). The molecule has 0 unspecified atom stereocenters. The van der Waals surface area contributed by atoms with Crippen molar-refractivity contribution in [2.75, 3.05) is 0 Å². The number of nitrogens with one attached hydrogen (secondary N) is 1. The molecule has 0 aliphatic carbocycles. The van der Waals surface area contributed by atoms with Gasteiger partial charge in [0, 0.05) is 15.3 Å². The maximum absolute atomic E-state index is 12.8. The van der Waals surface area contributed by atoms with Crippen LogP contribution in [0.4, 0.5) is 0 Å². The van der Waals surface area contributed by atoms with Gasteiger partial charge in [0.1, 0.15) is 0 Å². The number of thiophene rings is 2. The van der Waals surface area contributed by atoms with E-state index in [0.717, 1.165) is 16.2 Å². The van der Waals surface area contributed by atoms with Gasteiger partial charge < -0.3 is 5.32 Å². The van der Waals surface area contributed by atoms with E-state index < -0.39 is 9.84 Å². The van der Waals surface area contributed by atoms with Gasteiger partial charge in [-0.1, -0.05) is 17.7 Å². The molecule has 1 N–H and O–H groups in total. The number of halogens is 1. The molecule has 3 aromatic rings. The molecule has 0 fully saturated rings. The second-order valence-electron chi connectivity index (χ2n) is 5.27. The molecule has 3 rings (SSSR count). The zero-order valence-corrected chi connectivity index (χ0v) is 16.4. The molecule has 0 aliphatic rings. The van der Waals surface area contributed by atoms with Crippen molar-refractivity contribution in [3.8, 4) is 0 Å². The first kappa shape index (κ1) is 18.1. The highest BCUT2D eigenvalue weighted by atomic mass is 35.5. The topological polar surface area (TPSA) is 63.2 Å². The molecule has 8 heteroatoms. The smallest absolute Gasteiger partial charge is 0.261 e. The maximum atomic E-state index is 12.8. The van der Waals surface area contributed by atoms with Crippen molar-refractivity contribution in [3.05, 3.63) is 67.5 Å². The van der Waals surface area contributed by atoms with Crippen molar-refractivity contribution < 1.29 is 13.2 Å². The summed E-state index contributed by atoms with van der Waals surface area (Å²) in [4.78, 5) is 14.1. The quantitative estimate of drug-likeness (QED) is 0.670. The molecular weight excluding hydrogens is 398 g/mol. The summed E-state index contributed by atoms with van der Waals surface area (Å²) in [5, 5.41) is 6.74. The van der Waals surface area contributed by atoms with Gasteiger partial charge in [0.25, 0.3) is 5.91 Å². The van der Waals surface area contributed by atoms with Crippen LogP contribution >= 0.6 is 34.3 Å². The Bertz CT molecular complexity index is 990. The lowest BCUT2D eigenvalue weighted by Gasteiger charge is -2.06. The molecule has 1 amide bonds. The Kier molecular flexibility index (Phi) is 5.29. The summed E-state index contributed by atoms with van der Waals surface area (Å²) in [6.45, 7) is 2.08.